The summed E-state index contributed by atoms with van der Waals surface area (Å²) in [5, 5.41) is 0. The predicted octanol–water partition coefficient (Wildman–Crippen LogP) is 2.34. The second-order valence-electron chi connectivity index (χ2n) is 4.72. The van der Waals surface area contributed by atoms with E-state index in [2.05, 4.69) is 6.92 Å². The zero-order valence-electron chi connectivity index (χ0n) is 10.6. The van der Waals surface area contributed by atoms with Crippen LogP contribution >= 0.6 is 0 Å². The molecule has 3 heteroatoms. The molecule has 3 nitrogen and oxygen atoms in total. The van der Waals surface area contributed by atoms with Gasteiger partial charge >= 0.3 is 0 Å². The lowest BCUT2D eigenvalue weighted by molar-refractivity contribution is 0.0415. The van der Waals surface area contributed by atoms with Crippen LogP contribution in [0.2, 0.25) is 0 Å². The van der Waals surface area contributed by atoms with E-state index in [4.69, 9.17) is 15.2 Å². The molecule has 0 aromatic carbocycles. The first-order valence-electron chi connectivity index (χ1n) is 6.75. The molecule has 0 aromatic rings. The van der Waals surface area contributed by atoms with Gasteiger partial charge in [-0.3, -0.25) is 0 Å². The Morgan fingerprint density at radius 3 is 2.44 bits per heavy atom. The van der Waals surface area contributed by atoms with Gasteiger partial charge in [-0.15, -0.1) is 0 Å². The topological polar surface area (TPSA) is 44.5 Å². The second-order valence-corrected chi connectivity index (χ2v) is 4.72. The molecule has 0 heterocycles. The van der Waals surface area contributed by atoms with Gasteiger partial charge in [0, 0.05) is 19.3 Å². The fourth-order valence-corrected chi connectivity index (χ4v) is 2.23. The van der Waals surface area contributed by atoms with Crippen molar-refractivity contribution >= 4 is 0 Å². The Kier molecular flexibility index (Phi) is 7.81. The first-order chi connectivity index (χ1) is 7.84. The van der Waals surface area contributed by atoms with Crippen LogP contribution in [0.1, 0.15) is 45.4 Å². The van der Waals surface area contributed by atoms with Crippen LogP contribution in [0.5, 0.6) is 0 Å². The third kappa shape index (κ3) is 5.83. The van der Waals surface area contributed by atoms with Gasteiger partial charge in [0.2, 0.25) is 0 Å². The van der Waals surface area contributed by atoms with Crippen LogP contribution in [0.3, 0.4) is 0 Å². The van der Waals surface area contributed by atoms with Gasteiger partial charge in [-0.1, -0.05) is 19.8 Å². The molecule has 96 valence electrons. The van der Waals surface area contributed by atoms with Gasteiger partial charge < -0.3 is 15.2 Å². The molecule has 16 heavy (non-hydrogen) atoms. The molecule has 1 fully saturated rings. The number of ether oxygens (including phenoxy) is 2. The first kappa shape index (κ1) is 13.9. The average Bonchev–Trinajstić information content (AvgIpc) is 2.68. The molecule has 0 spiro atoms. The Labute approximate surface area is 99.7 Å². The molecule has 2 unspecified atom stereocenters. The Morgan fingerprint density at radius 2 is 1.81 bits per heavy atom. The summed E-state index contributed by atoms with van der Waals surface area (Å²) in [6.07, 6.45) is 7.25. The van der Waals surface area contributed by atoms with Gasteiger partial charge in [-0.2, -0.15) is 0 Å². The molecule has 0 bridgehead atoms. The average molecular weight is 229 g/mol. The Hall–Kier alpha value is -0.120. The van der Waals surface area contributed by atoms with E-state index in [1.807, 2.05) is 0 Å². The van der Waals surface area contributed by atoms with Crippen molar-refractivity contribution in [1.29, 1.82) is 0 Å². The molecular weight excluding hydrogens is 202 g/mol. The number of rotatable bonds is 9. The van der Waals surface area contributed by atoms with E-state index in [1.54, 1.807) is 0 Å². The summed E-state index contributed by atoms with van der Waals surface area (Å²) in [5.41, 5.74) is 5.99. The molecule has 0 aromatic heterocycles. The van der Waals surface area contributed by atoms with Crippen LogP contribution in [0.15, 0.2) is 0 Å². The largest absolute Gasteiger partial charge is 0.379 e. The molecular formula is C13H27NO2. The maximum atomic E-state index is 5.99. The minimum absolute atomic E-state index is 0.421. The lowest BCUT2D eigenvalue weighted by atomic mass is 10.0. The maximum absolute atomic E-state index is 5.99. The number of hydrogen-bond donors (Lipinski definition) is 1. The normalized spacial score (nSPS) is 25.1. The summed E-state index contributed by atoms with van der Waals surface area (Å²) in [5.74, 6) is 0.695. The molecule has 1 aliphatic rings. The van der Waals surface area contributed by atoms with Crippen LogP contribution in [-0.2, 0) is 9.47 Å². The second kappa shape index (κ2) is 8.97. The summed E-state index contributed by atoms with van der Waals surface area (Å²) in [7, 11) is 0. The van der Waals surface area contributed by atoms with Crippen molar-refractivity contribution in [3.8, 4) is 0 Å². The molecule has 0 aliphatic heterocycles. The van der Waals surface area contributed by atoms with Crippen LogP contribution in [0, 0.1) is 5.92 Å². The fourth-order valence-electron chi connectivity index (χ4n) is 2.23. The van der Waals surface area contributed by atoms with Gasteiger partial charge in [0.05, 0.1) is 13.2 Å². The van der Waals surface area contributed by atoms with Crippen molar-refractivity contribution in [3.63, 3.8) is 0 Å². The van der Waals surface area contributed by atoms with Crippen molar-refractivity contribution in [3.05, 3.63) is 0 Å². The molecule has 2 N–H and O–H groups in total. The van der Waals surface area contributed by atoms with Gasteiger partial charge in [0.25, 0.3) is 0 Å². The van der Waals surface area contributed by atoms with E-state index in [0.29, 0.717) is 12.0 Å². The number of nitrogens with two attached hydrogens (primary N) is 1. The highest BCUT2D eigenvalue weighted by atomic mass is 16.5. The SMILES string of the molecule is CCCCOCCOCCC1CCCC1N. The Balaban J connectivity index is 1.81. The number of unbranched alkanes of at least 4 members (excludes halogenated alkanes) is 1. The Morgan fingerprint density at radius 1 is 1.06 bits per heavy atom. The smallest absolute Gasteiger partial charge is 0.0700 e. The third-order valence-corrected chi connectivity index (χ3v) is 3.37. The van der Waals surface area contributed by atoms with Gasteiger partial charge in [0.1, 0.15) is 0 Å². The highest BCUT2D eigenvalue weighted by molar-refractivity contribution is 4.79. The number of hydrogen-bond acceptors (Lipinski definition) is 3. The van der Waals surface area contributed by atoms with Gasteiger partial charge in [0.15, 0.2) is 0 Å². The molecule has 1 saturated carbocycles. The monoisotopic (exact) mass is 229 g/mol. The van der Waals surface area contributed by atoms with Gasteiger partial charge in [-0.05, 0) is 31.6 Å². The molecule has 2 atom stereocenters. The molecule has 0 saturated heterocycles. The van der Waals surface area contributed by atoms with Crippen molar-refractivity contribution < 1.29 is 9.47 Å². The third-order valence-electron chi connectivity index (χ3n) is 3.37. The summed E-state index contributed by atoms with van der Waals surface area (Å²) < 4.78 is 11.0. The van der Waals surface area contributed by atoms with E-state index in [9.17, 15) is 0 Å². The molecule has 0 radical (unpaired) electrons. The summed E-state index contributed by atoms with van der Waals surface area (Å²) in [6, 6.07) is 0.421. The van der Waals surface area contributed by atoms with E-state index >= 15 is 0 Å². The zero-order valence-corrected chi connectivity index (χ0v) is 10.6. The summed E-state index contributed by atoms with van der Waals surface area (Å²) >= 11 is 0. The highest BCUT2D eigenvalue weighted by Gasteiger charge is 2.22. The standard InChI is InChI=1S/C13H27NO2/c1-2-3-8-15-10-11-16-9-7-12-5-4-6-13(12)14/h12-13H,2-11,14H2,1H3. The van der Waals surface area contributed by atoms with E-state index in [1.165, 1.54) is 25.7 Å². The van der Waals surface area contributed by atoms with Crippen LogP contribution in [-0.4, -0.2) is 32.5 Å². The molecule has 1 aliphatic carbocycles. The fraction of sp³-hybridized carbons (Fsp3) is 1.00. The molecule has 0 amide bonds. The van der Waals surface area contributed by atoms with Crippen LogP contribution in [0.4, 0.5) is 0 Å². The lowest BCUT2D eigenvalue weighted by Crippen LogP contribution is -2.25. The minimum Gasteiger partial charge on any atom is -0.379 e. The van der Waals surface area contributed by atoms with E-state index in [0.717, 1.165) is 39.3 Å². The molecule has 1 rings (SSSR count). The minimum atomic E-state index is 0.421. The van der Waals surface area contributed by atoms with Crippen LogP contribution in [0.25, 0.3) is 0 Å². The predicted molar refractivity (Wildman–Crippen MR) is 66.5 cm³/mol. The lowest BCUT2D eigenvalue weighted by Gasteiger charge is -2.14. The first-order valence-corrected chi connectivity index (χ1v) is 6.75. The quantitative estimate of drug-likeness (QED) is 0.617. The van der Waals surface area contributed by atoms with Gasteiger partial charge in [-0.25, -0.2) is 0 Å². The van der Waals surface area contributed by atoms with Crippen molar-refractivity contribution in [1.82, 2.24) is 0 Å². The summed E-state index contributed by atoms with van der Waals surface area (Å²) in [6.45, 7) is 5.34. The highest BCUT2D eigenvalue weighted by Crippen LogP contribution is 2.26. The maximum Gasteiger partial charge on any atom is 0.0700 e. The van der Waals surface area contributed by atoms with E-state index in [-0.39, 0.29) is 0 Å². The zero-order chi connectivity index (χ0) is 11.6. The van der Waals surface area contributed by atoms with Crippen molar-refractivity contribution in [2.45, 2.75) is 51.5 Å². The van der Waals surface area contributed by atoms with Crippen molar-refractivity contribution in [2.75, 3.05) is 26.4 Å². The van der Waals surface area contributed by atoms with E-state index < -0.39 is 0 Å². The van der Waals surface area contributed by atoms with Crippen molar-refractivity contribution in [2.24, 2.45) is 11.7 Å². The Bertz CT molecular complexity index is 164. The summed E-state index contributed by atoms with van der Waals surface area (Å²) in [4.78, 5) is 0. The van der Waals surface area contributed by atoms with Crippen LogP contribution < -0.4 is 5.73 Å².